The molecule has 132 valence electrons. The molecule has 0 aromatic carbocycles. The Bertz CT molecular complexity index is 875. The molecule has 0 radical (unpaired) electrons. The van der Waals surface area contributed by atoms with Crippen LogP contribution in [0, 0.1) is 0 Å². The molecule has 3 rings (SSSR count). The first-order chi connectivity index (χ1) is 11.1. The average molecular weight is 362 g/mol. The molecule has 1 aliphatic rings. The van der Waals surface area contributed by atoms with Gasteiger partial charge in [0, 0.05) is 6.42 Å². The summed E-state index contributed by atoms with van der Waals surface area (Å²) in [4.78, 5) is 11.8. The van der Waals surface area contributed by atoms with Crippen molar-refractivity contribution < 1.29 is 27.2 Å². The number of nitrogens with two attached hydrogens (primary N) is 2. The molecule has 0 bridgehead atoms. The van der Waals surface area contributed by atoms with Crippen LogP contribution in [0.25, 0.3) is 11.2 Å². The van der Waals surface area contributed by atoms with Crippen LogP contribution in [0.15, 0.2) is 12.7 Å². The minimum atomic E-state index is -4.39. The van der Waals surface area contributed by atoms with Gasteiger partial charge in [0.1, 0.15) is 30.7 Å². The SMILES string of the molecule is Nc1ncnc2c1ncn2[C@@H]1C[C@](F)(COS(N)(=O)=O)[C@@H](O)[C@H]1O. The molecule has 1 fully saturated rings. The zero-order chi connectivity index (χ0) is 17.7. The lowest BCUT2D eigenvalue weighted by Crippen LogP contribution is -2.43. The van der Waals surface area contributed by atoms with E-state index < -0.39 is 47.3 Å². The fourth-order valence-electron chi connectivity index (χ4n) is 2.81. The average Bonchev–Trinajstić information content (AvgIpc) is 3.02. The van der Waals surface area contributed by atoms with Gasteiger partial charge in [-0.05, 0) is 0 Å². The minimum absolute atomic E-state index is 0.107. The molecule has 0 aliphatic heterocycles. The highest BCUT2D eigenvalue weighted by Gasteiger charge is 2.55. The standard InChI is InChI=1S/C11H15FN6O5S/c12-11(2-23-24(14,21)22)1-5(7(19)8(11)20)18-4-17-6-9(13)15-3-16-10(6)18/h3-5,7-8,19-20H,1-2H2,(H2,13,15,16)(H2,14,21,22)/t5-,7+,8+,11+/m1/s1. The van der Waals surface area contributed by atoms with Gasteiger partial charge >= 0.3 is 10.3 Å². The van der Waals surface area contributed by atoms with Gasteiger partial charge in [-0.15, -0.1) is 0 Å². The van der Waals surface area contributed by atoms with Crippen molar-refractivity contribution in [2.75, 3.05) is 12.3 Å². The van der Waals surface area contributed by atoms with Crippen molar-refractivity contribution in [2.24, 2.45) is 5.14 Å². The quantitative estimate of drug-likeness (QED) is 0.478. The van der Waals surface area contributed by atoms with Crippen molar-refractivity contribution in [1.29, 1.82) is 0 Å². The van der Waals surface area contributed by atoms with Crippen LogP contribution in [-0.2, 0) is 14.5 Å². The van der Waals surface area contributed by atoms with E-state index in [0.717, 1.165) is 0 Å². The Balaban J connectivity index is 1.93. The van der Waals surface area contributed by atoms with Crippen molar-refractivity contribution in [3.63, 3.8) is 0 Å². The normalized spacial score (nSPS) is 30.9. The number of fused-ring (bicyclic) bond motifs is 1. The fourth-order valence-corrected chi connectivity index (χ4v) is 3.17. The summed E-state index contributed by atoms with van der Waals surface area (Å²) in [5.41, 5.74) is 3.65. The summed E-state index contributed by atoms with van der Waals surface area (Å²) in [5, 5.41) is 24.8. The molecule has 0 spiro atoms. The lowest BCUT2D eigenvalue weighted by molar-refractivity contribution is -0.0597. The number of alkyl halides is 1. The summed E-state index contributed by atoms with van der Waals surface area (Å²) >= 11 is 0. The molecule has 13 heteroatoms. The van der Waals surface area contributed by atoms with Gasteiger partial charge in [-0.25, -0.2) is 24.5 Å². The fraction of sp³-hybridized carbons (Fsp3) is 0.545. The number of aromatic nitrogens is 4. The van der Waals surface area contributed by atoms with E-state index in [9.17, 15) is 23.0 Å². The molecule has 24 heavy (non-hydrogen) atoms. The zero-order valence-electron chi connectivity index (χ0n) is 12.1. The maximum atomic E-state index is 14.9. The number of rotatable bonds is 4. The van der Waals surface area contributed by atoms with Crippen molar-refractivity contribution >= 4 is 27.3 Å². The van der Waals surface area contributed by atoms with Gasteiger partial charge in [0.15, 0.2) is 17.1 Å². The van der Waals surface area contributed by atoms with Crippen LogP contribution in [0.2, 0.25) is 0 Å². The Kier molecular flexibility index (Phi) is 3.92. The molecule has 1 aliphatic carbocycles. The van der Waals surface area contributed by atoms with Gasteiger partial charge in [-0.3, -0.25) is 4.18 Å². The zero-order valence-corrected chi connectivity index (χ0v) is 13.0. The molecule has 4 atom stereocenters. The Morgan fingerprint density at radius 3 is 2.79 bits per heavy atom. The van der Waals surface area contributed by atoms with Crippen molar-refractivity contribution in [3.05, 3.63) is 12.7 Å². The third-order valence-corrected chi connectivity index (χ3v) is 4.45. The van der Waals surface area contributed by atoms with Crippen LogP contribution in [0.3, 0.4) is 0 Å². The van der Waals surface area contributed by atoms with Crippen LogP contribution >= 0.6 is 0 Å². The summed E-state index contributed by atoms with van der Waals surface area (Å²) in [6.45, 7) is -1.02. The van der Waals surface area contributed by atoms with E-state index >= 15 is 0 Å². The first-order valence-electron chi connectivity index (χ1n) is 6.77. The Hall–Kier alpha value is -1.93. The van der Waals surface area contributed by atoms with Crippen LogP contribution < -0.4 is 10.9 Å². The van der Waals surface area contributed by atoms with Gasteiger partial charge in [-0.2, -0.15) is 8.42 Å². The number of anilines is 1. The highest BCUT2D eigenvalue weighted by molar-refractivity contribution is 7.84. The van der Waals surface area contributed by atoms with E-state index in [1.165, 1.54) is 17.2 Å². The van der Waals surface area contributed by atoms with Crippen LogP contribution in [0.1, 0.15) is 12.5 Å². The van der Waals surface area contributed by atoms with Gasteiger partial charge in [0.2, 0.25) is 0 Å². The molecule has 2 aromatic heterocycles. The largest absolute Gasteiger partial charge is 0.388 e. The molecule has 1 saturated carbocycles. The summed E-state index contributed by atoms with van der Waals surface area (Å²) < 4.78 is 42.1. The number of halogens is 1. The topological polar surface area (TPSA) is 179 Å². The molecule has 2 heterocycles. The molecule has 2 aromatic rings. The van der Waals surface area contributed by atoms with E-state index in [1.54, 1.807) is 0 Å². The van der Waals surface area contributed by atoms with Gasteiger partial charge < -0.3 is 20.5 Å². The number of hydrogen-bond donors (Lipinski definition) is 4. The monoisotopic (exact) mass is 362 g/mol. The van der Waals surface area contributed by atoms with E-state index in [0.29, 0.717) is 0 Å². The Morgan fingerprint density at radius 1 is 1.42 bits per heavy atom. The second kappa shape index (κ2) is 5.56. The molecule has 6 N–H and O–H groups in total. The number of aliphatic hydroxyl groups excluding tert-OH is 2. The number of hydrogen-bond acceptors (Lipinski definition) is 9. The summed E-state index contributed by atoms with van der Waals surface area (Å²) in [6, 6.07) is -0.964. The van der Waals surface area contributed by atoms with Crippen LogP contribution in [-0.4, -0.2) is 62.6 Å². The lowest BCUT2D eigenvalue weighted by Gasteiger charge is -2.22. The first-order valence-corrected chi connectivity index (χ1v) is 8.25. The predicted octanol–water partition coefficient (Wildman–Crippen LogP) is -2.00. The molecule has 0 unspecified atom stereocenters. The van der Waals surface area contributed by atoms with Crippen molar-refractivity contribution in [1.82, 2.24) is 19.5 Å². The van der Waals surface area contributed by atoms with Gasteiger partial charge in [0.05, 0.1) is 12.4 Å². The highest BCUT2D eigenvalue weighted by Crippen LogP contribution is 2.42. The molecular weight excluding hydrogens is 347 g/mol. The number of nitrogens with zero attached hydrogens (tertiary/aromatic N) is 4. The summed E-state index contributed by atoms with van der Waals surface area (Å²) in [5.74, 6) is 0.107. The summed E-state index contributed by atoms with van der Waals surface area (Å²) in [7, 11) is -4.39. The van der Waals surface area contributed by atoms with E-state index in [2.05, 4.69) is 24.3 Å². The maximum Gasteiger partial charge on any atom is 0.333 e. The molecular formula is C11H15FN6O5S. The van der Waals surface area contributed by atoms with E-state index in [-0.39, 0.29) is 17.0 Å². The molecule has 11 nitrogen and oxygen atoms in total. The maximum absolute atomic E-state index is 14.9. The smallest absolute Gasteiger partial charge is 0.333 e. The Morgan fingerprint density at radius 2 is 2.12 bits per heavy atom. The minimum Gasteiger partial charge on any atom is -0.388 e. The number of imidazole rings is 1. The van der Waals surface area contributed by atoms with E-state index in [4.69, 9.17) is 5.73 Å². The molecule has 0 amide bonds. The second-order valence-electron chi connectivity index (χ2n) is 5.58. The third-order valence-electron chi connectivity index (χ3n) is 4.00. The van der Waals surface area contributed by atoms with Crippen LogP contribution in [0.5, 0.6) is 0 Å². The second-order valence-corrected chi connectivity index (χ2v) is 6.80. The third kappa shape index (κ3) is 2.80. The lowest BCUT2D eigenvalue weighted by atomic mass is 10.0. The predicted molar refractivity (Wildman–Crippen MR) is 78.3 cm³/mol. The van der Waals surface area contributed by atoms with Gasteiger partial charge in [0.25, 0.3) is 0 Å². The number of aliphatic hydroxyl groups is 2. The van der Waals surface area contributed by atoms with Crippen LogP contribution in [0.4, 0.5) is 10.2 Å². The van der Waals surface area contributed by atoms with E-state index in [1.807, 2.05) is 0 Å². The summed E-state index contributed by atoms with van der Waals surface area (Å²) in [6.07, 6.45) is -1.42. The van der Waals surface area contributed by atoms with Crippen molar-refractivity contribution in [2.45, 2.75) is 30.3 Å². The highest BCUT2D eigenvalue weighted by atomic mass is 32.2. The molecule has 0 saturated heterocycles. The Labute approximate surface area is 135 Å². The first kappa shape index (κ1) is 16.9. The van der Waals surface area contributed by atoms with Gasteiger partial charge in [-0.1, -0.05) is 0 Å². The number of nitrogen functional groups attached to an aromatic ring is 1. The van der Waals surface area contributed by atoms with Crippen molar-refractivity contribution in [3.8, 4) is 0 Å².